The second-order valence-electron chi connectivity index (χ2n) is 2.33. The molecule has 0 fully saturated rings. The van der Waals surface area contributed by atoms with Gasteiger partial charge in [-0.1, -0.05) is 11.6 Å². The molecule has 4 heteroatoms. The first-order chi connectivity index (χ1) is 4.63. The van der Waals surface area contributed by atoms with Crippen LogP contribution in [0.15, 0.2) is 6.20 Å². The van der Waals surface area contributed by atoms with Gasteiger partial charge in [-0.05, 0) is 0 Å². The molecular weight excluding hydrogens is 150 g/mol. The fourth-order valence-electron chi connectivity index (χ4n) is 0.907. The zero-order chi connectivity index (χ0) is 7.72. The van der Waals surface area contributed by atoms with Crippen LogP contribution in [-0.2, 0) is 7.05 Å². The minimum Gasteiger partial charge on any atom is -0.362 e. The third-order valence-electron chi connectivity index (χ3n) is 1.29. The van der Waals surface area contributed by atoms with Crippen LogP contribution < -0.4 is 4.90 Å². The second kappa shape index (κ2) is 2.50. The molecular formula is C6H10ClN3. The lowest BCUT2D eigenvalue weighted by Crippen LogP contribution is -2.13. The van der Waals surface area contributed by atoms with Gasteiger partial charge in [0.15, 0.2) is 0 Å². The molecule has 0 aliphatic carbocycles. The quantitative estimate of drug-likeness (QED) is 0.613. The summed E-state index contributed by atoms with van der Waals surface area (Å²) in [6.45, 7) is 0. The van der Waals surface area contributed by atoms with Gasteiger partial charge in [-0.3, -0.25) is 4.68 Å². The Balaban J connectivity index is 3.10. The van der Waals surface area contributed by atoms with Gasteiger partial charge in [-0.15, -0.1) is 0 Å². The van der Waals surface area contributed by atoms with Crippen LogP contribution in [0.5, 0.6) is 0 Å². The summed E-state index contributed by atoms with van der Waals surface area (Å²) < 4.78 is 1.74. The molecule has 1 rings (SSSR count). The molecule has 0 aromatic carbocycles. The molecule has 1 aromatic rings. The van der Waals surface area contributed by atoms with Crippen molar-refractivity contribution in [1.82, 2.24) is 9.78 Å². The van der Waals surface area contributed by atoms with E-state index in [2.05, 4.69) is 5.10 Å². The lowest BCUT2D eigenvalue weighted by Gasteiger charge is -2.11. The Hall–Kier alpha value is -0.700. The van der Waals surface area contributed by atoms with Crippen molar-refractivity contribution in [3.8, 4) is 0 Å². The smallest absolute Gasteiger partial charge is 0.145 e. The number of halogens is 1. The second-order valence-corrected chi connectivity index (χ2v) is 2.74. The molecule has 0 amide bonds. The third kappa shape index (κ3) is 1.09. The molecule has 10 heavy (non-hydrogen) atoms. The van der Waals surface area contributed by atoms with E-state index >= 15 is 0 Å². The van der Waals surface area contributed by atoms with E-state index < -0.39 is 0 Å². The van der Waals surface area contributed by atoms with Gasteiger partial charge in [0.05, 0.1) is 6.20 Å². The monoisotopic (exact) mass is 159 g/mol. The fraction of sp³-hybridized carbons (Fsp3) is 0.500. The van der Waals surface area contributed by atoms with E-state index in [0.29, 0.717) is 5.02 Å². The highest BCUT2D eigenvalue weighted by Crippen LogP contribution is 2.21. The number of anilines is 1. The molecule has 0 aliphatic rings. The van der Waals surface area contributed by atoms with Crippen molar-refractivity contribution in [3.63, 3.8) is 0 Å². The highest BCUT2D eigenvalue weighted by Gasteiger charge is 2.06. The van der Waals surface area contributed by atoms with Gasteiger partial charge >= 0.3 is 0 Å². The molecule has 1 aromatic heterocycles. The van der Waals surface area contributed by atoms with Crippen molar-refractivity contribution < 1.29 is 0 Å². The number of aryl methyl sites for hydroxylation is 1. The van der Waals surface area contributed by atoms with E-state index in [0.717, 1.165) is 5.82 Å². The van der Waals surface area contributed by atoms with Crippen LogP contribution in [0, 0.1) is 0 Å². The summed E-state index contributed by atoms with van der Waals surface area (Å²) in [6, 6.07) is 0. The molecule has 0 unspecified atom stereocenters. The van der Waals surface area contributed by atoms with E-state index in [1.807, 2.05) is 26.0 Å². The largest absolute Gasteiger partial charge is 0.362 e. The van der Waals surface area contributed by atoms with Crippen LogP contribution in [-0.4, -0.2) is 23.9 Å². The van der Waals surface area contributed by atoms with Crippen LogP contribution in [0.3, 0.4) is 0 Å². The first-order valence-corrected chi connectivity index (χ1v) is 3.35. The summed E-state index contributed by atoms with van der Waals surface area (Å²) in [7, 11) is 5.73. The van der Waals surface area contributed by atoms with Crippen molar-refractivity contribution in [3.05, 3.63) is 11.2 Å². The molecule has 0 saturated heterocycles. The number of hydrogen-bond donors (Lipinski definition) is 0. The average molecular weight is 160 g/mol. The van der Waals surface area contributed by atoms with Crippen LogP contribution in [0.25, 0.3) is 0 Å². The Kier molecular flexibility index (Phi) is 1.85. The Bertz CT molecular complexity index is 209. The maximum absolute atomic E-state index is 5.82. The molecule has 3 nitrogen and oxygen atoms in total. The first-order valence-electron chi connectivity index (χ1n) is 2.97. The molecule has 0 aliphatic heterocycles. The third-order valence-corrected chi connectivity index (χ3v) is 1.55. The Morgan fingerprint density at radius 3 is 2.40 bits per heavy atom. The average Bonchev–Trinajstić information content (AvgIpc) is 2.11. The lowest BCUT2D eigenvalue weighted by molar-refractivity contribution is 0.754. The molecule has 56 valence electrons. The molecule has 1 heterocycles. The van der Waals surface area contributed by atoms with E-state index in [1.165, 1.54) is 0 Å². The summed E-state index contributed by atoms with van der Waals surface area (Å²) >= 11 is 5.82. The van der Waals surface area contributed by atoms with Gasteiger partial charge in [0.25, 0.3) is 0 Å². The minimum atomic E-state index is 0.688. The number of aromatic nitrogens is 2. The van der Waals surface area contributed by atoms with Crippen LogP contribution >= 0.6 is 11.6 Å². The van der Waals surface area contributed by atoms with E-state index in [1.54, 1.807) is 10.9 Å². The highest BCUT2D eigenvalue weighted by molar-refractivity contribution is 6.32. The fourth-order valence-corrected chi connectivity index (χ4v) is 1.24. The lowest BCUT2D eigenvalue weighted by atomic mass is 10.6. The number of hydrogen-bond acceptors (Lipinski definition) is 2. The summed E-state index contributed by atoms with van der Waals surface area (Å²) in [5, 5.41) is 4.67. The van der Waals surface area contributed by atoms with Gasteiger partial charge < -0.3 is 4.90 Å². The maximum Gasteiger partial charge on any atom is 0.145 e. The van der Waals surface area contributed by atoms with Crippen LogP contribution in [0.4, 0.5) is 5.82 Å². The van der Waals surface area contributed by atoms with Crippen LogP contribution in [0.1, 0.15) is 0 Å². The zero-order valence-electron chi connectivity index (χ0n) is 6.30. The van der Waals surface area contributed by atoms with Gasteiger partial charge in [-0.2, -0.15) is 5.10 Å². The number of rotatable bonds is 1. The van der Waals surface area contributed by atoms with Gasteiger partial charge in [0, 0.05) is 21.1 Å². The van der Waals surface area contributed by atoms with Crippen molar-refractivity contribution >= 4 is 17.4 Å². The summed E-state index contributed by atoms with van der Waals surface area (Å²) in [5.74, 6) is 0.932. The Morgan fingerprint density at radius 2 is 2.20 bits per heavy atom. The predicted molar refractivity (Wildman–Crippen MR) is 42.5 cm³/mol. The topological polar surface area (TPSA) is 21.1 Å². The minimum absolute atomic E-state index is 0.688. The molecule has 0 N–H and O–H groups in total. The molecule has 0 saturated carbocycles. The molecule has 0 atom stereocenters. The zero-order valence-corrected chi connectivity index (χ0v) is 7.05. The first kappa shape index (κ1) is 7.41. The van der Waals surface area contributed by atoms with Gasteiger partial charge in [0.2, 0.25) is 0 Å². The summed E-state index contributed by atoms with van der Waals surface area (Å²) in [4.78, 5) is 1.93. The highest BCUT2D eigenvalue weighted by atomic mass is 35.5. The standard InChI is InChI=1S/C6H10ClN3/c1-9(2)6-5(7)4-8-10(6)3/h4H,1-3H3. The van der Waals surface area contributed by atoms with E-state index in [4.69, 9.17) is 11.6 Å². The number of nitrogens with zero attached hydrogens (tertiary/aromatic N) is 3. The molecule has 0 spiro atoms. The molecule has 0 radical (unpaired) electrons. The van der Waals surface area contributed by atoms with Gasteiger partial charge in [-0.25, -0.2) is 0 Å². The Morgan fingerprint density at radius 1 is 1.60 bits per heavy atom. The normalized spacial score (nSPS) is 10.0. The SMILES string of the molecule is CN(C)c1c(Cl)cnn1C. The van der Waals surface area contributed by atoms with Gasteiger partial charge in [0.1, 0.15) is 10.8 Å². The van der Waals surface area contributed by atoms with Crippen molar-refractivity contribution in [2.45, 2.75) is 0 Å². The van der Waals surface area contributed by atoms with E-state index in [9.17, 15) is 0 Å². The maximum atomic E-state index is 5.82. The molecule has 0 bridgehead atoms. The summed E-state index contributed by atoms with van der Waals surface area (Å²) in [5.41, 5.74) is 0. The van der Waals surface area contributed by atoms with Crippen molar-refractivity contribution in [1.29, 1.82) is 0 Å². The Labute approximate surface area is 65.2 Å². The van der Waals surface area contributed by atoms with Crippen molar-refractivity contribution in [2.24, 2.45) is 7.05 Å². The van der Waals surface area contributed by atoms with Crippen molar-refractivity contribution in [2.75, 3.05) is 19.0 Å². The van der Waals surface area contributed by atoms with Crippen LogP contribution in [0.2, 0.25) is 5.02 Å². The predicted octanol–water partition coefficient (Wildman–Crippen LogP) is 1.14. The summed E-state index contributed by atoms with van der Waals surface area (Å²) in [6.07, 6.45) is 1.64. The van der Waals surface area contributed by atoms with E-state index in [-0.39, 0.29) is 0 Å².